The number of rotatable bonds is 9. The lowest BCUT2D eigenvalue weighted by atomic mass is 10.1. The van der Waals surface area contributed by atoms with Crippen LogP contribution in [0.25, 0.3) is 0 Å². The molecular weight excluding hydrogens is 272 g/mol. The van der Waals surface area contributed by atoms with Crippen LogP contribution >= 0.6 is 0 Å². The quantitative estimate of drug-likeness (QED) is 0.662. The molecule has 0 aliphatic heterocycles. The fourth-order valence-electron chi connectivity index (χ4n) is 3.23. The number of unbranched alkanes of at least 4 members (excludes halogenated alkanes) is 2. The van der Waals surface area contributed by atoms with E-state index in [0.717, 1.165) is 24.5 Å². The number of hydrogen-bond donors (Lipinski definition) is 2. The highest BCUT2D eigenvalue weighted by Gasteiger charge is 2.16. The van der Waals surface area contributed by atoms with Gasteiger partial charge in [0.1, 0.15) is 5.75 Å². The Morgan fingerprint density at radius 1 is 1.05 bits per heavy atom. The molecule has 1 aliphatic carbocycles. The van der Waals surface area contributed by atoms with E-state index in [2.05, 4.69) is 30.1 Å². The summed E-state index contributed by atoms with van der Waals surface area (Å²) in [5, 5.41) is 13.7. The topological polar surface area (TPSA) is 35.5 Å². The number of phenolic OH excluding ortho intramolecular Hbond substituents is 1. The average Bonchev–Trinajstić information content (AvgIpc) is 2.99. The predicted octanol–water partition coefficient (Wildman–Crippen LogP) is 5.15. The van der Waals surface area contributed by atoms with Crippen molar-refractivity contribution in [3.8, 4) is 5.75 Å². The highest BCUT2D eigenvalue weighted by atomic mass is 16.3. The molecule has 0 amide bonds. The Morgan fingerprint density at radius 3 is 2.27 bits per heavy atom. The molecule has 0 saturated heterocycles. The van der Waals surface area contributed by atoms with Crippen LogP contribution in [0.5, 0.6) is 5.75 Å². The van der Waals surface area contributed by atoms with Crippen molar-refractivity contribution in [2.75, 3.05) is 23.3 Å². The van der Waals surface area contributed by atoms with Crippen molar-refractivity contribution in [3.05, 3.63) is 18.2 Å². The van der Waals surface area contributed by atoms with Crippen LogP contribution in [0.1, 0.15) is 65.2 Å². The van der Waals surface area contributed by atoms with Crippen molar-refractivity contribution in [1.82, 2.24) is 0 Å². The zero-order chi connectivity index (χ0) is 15.8. The molecule has 0 aromatic heterocycles. The molecule has 124 valence electrons. The van der Waals surface area contributed by atoms with Gasteiger partial charge in [0.15, 0.2) is 0 Å². The van der Waals surface area contributed by atoms with Gasteiger partial charge in [0.2, 0.25) is 0 Å². The van der Waals surface area contributed by atoms with E-state index >= 15 is 0 Å². The third-order valence-corrected chi connectivity index (χ3v) is 4.56. The first-order valence-corrected chi connectivity index (χ1v) is 9.08. The molecule has 22 heavy (non-hydrogen) atoms. The minimum absolute atomic E-state index is 0.371. The molecule has 3 heteroatoms. The highest BCUT2D eigenvalue weighted by Crippen LogP contribution is 2.29. The van der Waals surface area contributed by atoms with Gasteiger partial charge in [-0.3, -0.25) is 0 Å². The van der Waals surface area contributed by atoms with Crippen molar-refractivity contribution in [1.29, 1.82) is 0 Å². The van der Waals surface area contributed by atoms with Gasteiger partial charge in [0.05, 0.1) is 0 Å². The lowest BCUT2D eigenvalue weighted by Crippen LogP contribution is -2.25. The van der Waals surface area contributed by atoms with Crippen LogP contribution in [-0.4, -0.2) is 24.2 Å². The summed E-state index contributed by atoms with van der Waals surface area (Å²) in [5.74, 6) is 0.371. The van der Waals surface area contributed by atoms with Crippen LogP contribution in [0.4, 0.5) is 11.4 Å². The first-order chi connectivity index (χ1) is 10.7. The van der Waals surface area contributed by atoms with E-state index < -0.39 is 0 Å². The molecule has 0 radical (unpaired) electrons. The number of aromatic hydroxyl groups is 1. The molecule has 0 bridgehead atoms. The minimum atomic E-state index is 0.371. The van der Waals surface area contributed by atoms with Crippen molar-refractivity contribution >= 4 is 11.4 Å². The van der Waals surface area contributed by atoms with Gasteiger partial charge >= 0.3 is 0 Å². The summed E-state index contributed by atoms with van der Waals surface area (Å²) in [6, 6.07) is 6.56. The summed E-state index contributed by atoms with van der Waals surface area (Å²) < 4.78 is 0. The van der Waals surface area contributed by atoms with Crippen LogP contribution in [0, 0.1) is 0 Å². The summed E-state index contributed by atoms with van der Waals surface area (Å²) in [4.78, 5) is 2.42. The second-order valence-electron chi connectivity index (χ2n) is 6.56. The number of nitrogens with zero attached hydrogens (tertiary/aromatic N) is 1. The predicted molar refractivity (Wildman–Crippen MR) is 96.0 cm³/mol. The fraction of sp³-hybridized carbons (Fsp3) is 0.684. The number of anilines is 2. The van der Waals surface area contributed by atoms with Gasteiger partial charge in [0.25, 0.3) is 0 Å². The Morgan fingerprint density at radius 2 is 1.68 bits per heavy atom. The van der Waals surface area contributed by atoms with Crippen LogP contribution in [0.15, 0.2) is 18.2 Å². The normalized spacial score (nSPS) is 15.2. The minimum Gasteiger partial charge on any atom is -0.508 e. The third-order valence-electron chi connectivity index (χ3n) is 4.56. The van der Waals surface area contributed by atoms with E-state index in [1.807, 2.05) is 12.1 Å². The summed E-state index contributed by atoms with van der Waals surface area (Å²) in [6.07, 6.45) is 9.95. The molecule has 0 spiro atoms. The molecule has 0 atom stereocenters. The average molecular weight is 304 g/mol. The molecule has 1 aromatic carbocycles. The molecule has 1 saturated carbocycles. The van der Waals surface area contributed by atoms with Gasteiger partial charge in [-0.25, -0.2) is 0 Å². The van der Waals surface area contributed by atoms with Gasteiger partial charge in [0, 0.05) is 42.6 Å². The molecule has 1 aliphatic rings. The molecule has 2 rings (SSSR count). The standard InChI is InChI=1S/C19H32N2O/c1-3-5-11-21(12-6-4-2)18-13-17(14-19(22)15-18)20-16-9-7-8-10-16/h13-16,20,22H,3-12H2,1-2H3. The van der Waals surface area contributed by atoms with Crippen molar-refractivity contribution in [2.24, 2.45) is 0 Å². The Hall–Kier alpha value is -1.38. The summed E-state index contributed by atoms with van der Waals surface area (Å²) in [6.45, 7) is 6.60. The van der Waals surface area contributed by atoms with Gasteiger partial charge in [-0.05, 0) is 31.7 Å². The van der Waals surface area contributed by atoms with E-state index in [1.165, 1.54) is 51.4 Å². The monoisotopic (exact) mass is 304 g/mol. The van der Waals surface area contributed by atoms with Gasteiger partial charge in [-0.1, -0.05) is 39.5 Å². The Kier molecular flexibility index (Phi) is 6.88. The Balaban J connectivity index is 2.09. The summed E-state index contributed by atoms with van der Waals surface area (Å²) in [5.41, 5.74) is 2.22. The van der Waals surface area contributed by atoms with Crippen molar-refractivity contribution in [2.45, 2.75) is 71.3 Å². The molecule has 3 nitrogen and oxygen atoms in total. The van der Waals surface area contributed by atoms with E-state index in [4.69, 9.17) is 0 Å². The largest absolute Gasteiger partial charge is 0.508 e. The maximum absolute atomic E-state index is 10.1. The zero-order valence-corrected chi connectivity index (χ0v) is 14.3. The molecule has 1 fully saturated rings. The second-order valence-corrected chi connectivity index (χ2v) is 6.56. The third kappa shape index (κ3) is 5.11. The van der Waals surface area contributed by atoms with Gasteiger partial charge in [-0.15, -0.1) is 0 Å². The maximum atomic E-state index is 10.1. The van der Waals surface area contributed by atoms with Crippen molar-refractivity contribution in [3.63, 3.8) is 0 Å². The maximum Gasteiger partial charge on any atom is 0.119 e. The number of hydrogen-bond acceptors (Lipinski definition) is 3. The van der Waals surface area contributed by atoms with Crippen LogP contribution in [-0.2, 0) is 0 Å². The van der Waals surface area contributed by atoms with E-state index in [-0.39, 0.29) is 0 Å². The van der Waals surface area contributed by atoms with Crippen molar-refractivity contribution < 1.29 is 5.11 Å². The number of benzene rings is 1. The SMILES string of the molecule is CCCCN(CCCC)c1cc(O)cc(NC2CCCC2)c1. The number of phenols is 1. The summed E-state index contributed by atoms with van der Waals surface area (Å²) >= 11 is 0. The second kappa shape index (κ2) is 8.92. The Labute approximate surface area is 135 Å². The molecular formula is C19H32N2O. The van der Waals surface area contributed by atoms with Gasteiger partial charge in [-0.2, -0.15) is 0 Å². The van der Waals surface area contributed by atoms with E-state index in [1.54, 1.807) is 0 Å². The first kappa shape index (κ1) is 17.0. The van der Waals surface area contributed by atoms with Crippen LogP contribution < -0.4 is 10.2 Å². The smallest absolute Gasteiger partial charge is 0.119 e. The lowest BCUT2D eigenvalue weighted by Gasteiger charge is -2.26. The highest BCUT2D eigenvalue weighted by molar-refractivity contribution is 5.62. The first-order valence-electron chi connectivity index (χ1n) is 9.08. The Bertz CT molecular complexity index is 433. The fourth-order valence-corrected chi connectivity index (χ4v) is 3.23. The van der Waals surface area contributed by atoms with E-state index in [9.17, 15) is 5.11 Å². The van der Waals surface area contributed by atoms with Gasteiger partial charge < -0.3 is 15.3 Å². The molecule has 0 unspecified atom stereocenters. The lowest BCUT2D eigenvalue weighted by molar-refractivity contribution is 0.475. The summed E-state index contributed by atoms with van der Waals surface area (Å²) in [7, 11) is 0. The molecule has 1 aromatic rings. The molecule has 0 heterocycles. The van der Waals surface area contributed by atoms with Crippen LogP contribution in [0.3, 0.4) is 0 Å². The van der Waals surface area contributed by atoms with Crippen LogP contribution in [0.2, 0.25) is 0 Å². The van der Waals surface area contributed by atoms with E-state index in [0.29, 0.717) is 11.8 Å². The number of nitrogens with one attached hydrogen (secondary N) is 1. The molecule has 2 N–H and O–H groups in total. The zero-order valence-electron chi connectivity index (χ0n) is 14.3.